The SMILES string of the molecule is C[C@H](OC(=O)[C@@H](C)NS(=O)(=O)c1ccc(F)cc1)C(=O)NC1CCCC1. The molecule has 26 heavy (non-hydrogen) atoms. The van der Waals surface area contributed by atoms with Crippen molar-refractivity contribution in [1.29, 1.82) is 0 Å². The monoisotopic (exact) mass is 386 g/mol. The van der Waals surface area contributed by atoms with Crippen molar-refractivity contribution in [2.75, 3.05) is 0 Å². The van der Waals surface area contributed by atoms with E-state index in [1.54, 1.807) is 0 Å². The van der Waals surface area contributed by atoms with Gasteiger partial charge in [0.05, 0.1) is 4.90 Å². The van der Waals surface area contributed by atoms with Crippen molar-refractivity contribution in [3.05, 3.63) is 30.1 Å². The molecule has 0 aliphatic heterocycles. The van der Waals surface area contributed by atoms with Gasteiger partial charge in [0, 0.05) is 6.04 Å². The fourth-order valence-electron chi connectivity index (χ4n) is 2.68. The maximum atomic E-state index is 12.9. The average Bonchev–Trinajstić information content (AvgIpc) is 3.07. The van der Waals surface area contributed by atoms with Crippen molar-refractivity contribution in [2.24, 2.45) is 0 Å². The molecule has 2 atom stereocenters. The predicted molar refractivity (Wildman–Crippen MR) is 92.1 cm³/mol. The number of sulfonamides is 1. The summed E-state index contributed by atoms with van der Waals surface area (Å²) in [6, 6.07) is 3.09. The summed E-state index contributed by atoms with van der Waals surface area (Å²) in [4.78, 5) is 23.9. The minimum atomic E-state index is -4.01. The van der Waals surface area contributed by atoms with Crippen LogP contribution in [0.2, 0.25) is 0 Å². The lowest BCUT2D eigenvalue weighted by atomic mass is 10.2. The van der Waals surface area contributed by atoms with E-state index in [9.17, 15) is 22.4 Å². The zero-order chi connectivity index (χ0) is 19.3. The highest BCUT2D eigenvalue weighted by atomic mass is 32.2. The van der Waals surface area contributed by atoms with Crippen LogP contribution in [0.1, 0.15) is 39.5 Å². The summed E-state index contributed by atoms with van der Waals surface area (Å²) in [5.74, 6) is -1.85. The third kappa shape index (κ3) is 5.50. The van der Waals surface area contributed by atoms with E-state index in [0.717, 1.165) is 49.9 Å². The number of carbonyl (C=O) groups is 2. The van der Waals surface area contributed by atoms with Crippen molar-refractivity contribution >= 4 is 21.9 Å². The Bertz CT molecular complexity index is 745. The minimum absolute atomic E-state index is 0.0954. The third-order valence-electron chi connectivity index (χ3n) is 4.17. The summed E-state index contributed by atoms with van der Waals surface area (Å²) in [5.41, 5.74) is 0. The van der Waals surface area contributed by atoms with E-state index in [0.29, 0.717) is 0 Å². The first-order valence-corrected chi connectivity index (χ1v) is 9.96. The van der Waals surface area contributed by atoms with Crippen LogP contribution in [0.5, 0.6) is 0 Å². The van der Waals surface area contributed by atoms with Crippen LogP contribution in [-0.2, 0) is 24.3 Å². The Morgan fingerprint density at radius 1 is 1.15 bits per heavy atom. The predicted octanol–water partition coefficient (Wildman–Crippen LogP) is 1.48. The molecule has 0 bridgehead atoms. The van der Waals surface area contributed by atoms with Gasteiger partial charge >= 0.3 is 5.97 Å². The van der Waals surface area contributed by atoms with Crippen molar-refractivity contribution in [2.45, 2.75) is 62.6 Å². The van der Waals surface area contributed by atoms with E-state index in [2.05, 4.69) is 10.0 Å². The summed E-state index contributed by atoms with van der Waals surface area (Å²) in [7, 11) is -4.01. The quantitative estimate of drug-likeness (QED) is 0.691. The van der Waals surface area contributed by atoms with Crippen molar-refractivity contribution < 1.29 is 27.1 Å². The van der Waals surface area contributed by atoms with Crippen LogP contribution >= 0.6 is 0 Å². The molecule has 1 aliphatic carbocycles. The number of benzene rings is 1. The fraction of sp³-hybridized carbons (Fsp3) is 0.529. The number of halogens is 1. The molecular formula is C17H23FN2O5S. The summed E-state index contributed by atoms with van der Waals surface area (Å²) < 4.78 is 44.5. The van der Waals surface area contributed by atoms with E-state index in [1.807, 2.05) is 0 Å². The topological polar surface area (TPSA) is 102 Å². The Kier molecular flexibility index (Phi) is 6.71. The number of carbonyl (C=O) groups excluding carboxylic acids is 2. The molecule has 2 rings (SSSR count). The molecule has 1 aliphatic rings. The van der Waals surface area contributed by atoms with E-state index in [1.165, 1.54) is 13.8 Å². The molecule has 2 N–H and O–H groups in total. The van der Waals surface area contributed by atoms with Gasteiger partial charge in [-0.1, -0.05) is 12.8 Å². The van der Waals surface area contributed by atoms with Gasteiger partial charge in [-0.25, -0.2) is 12.8 Å². The molecule has 7 nitrogen and oxygen atoms in total. The number of hydrogen-bond donors (Lipinski definition) is 2. The number of rotatable bonds is 7. The van der Waals surface area contributed by atoms with Crippen LogP contribution < -0.4 is 10.0 Å². The Labute approximate surface area is 152 Å². The molecule has 0 saturated heterocycles. The molecule has 1 amide bonds. The molecule has 1 aromatic carbocycles. The first kappa shape index (κ1) is 20.3. The van der Waals surface area contributed by atoms with E-state index < -0.39 is 39.9 Å². The number of ether oxygens (including phenoxy) is 1. The zero-order valence-corrected chi connectivity index (χ0v) is 15.5. The molecular weight excluding hydrogens is 363 g/mol. The smallest absolute Gasteiger partial charge is 0.324 e. The summed E-state index contributed by atoms with van der Waals surface area (Å²) in [5, 5.41) is 2.81. The van der Waals surface area contributed by atoms with Crippen LogP contribution in [0, 0.1) is 5.82 Å². The summed E-state index contributed by atoms with van der Waals surface area (Å²) >= 11 is 0. The molecule has 1 saturated carbocycles. The highest BCUT2D eigenvalue weighted by Gasteiger charge is 2.27. The van der Waals surface area contributed by atoms with Crippen LogP contribution in [0.3, 0.4) is 0 Å². The van der Waals surface area contributed by atoms with Crippen LogP contribution in [-0.4, -0.2) is 38.5 Å². The van der Waals surface area contributed by atoms with E-state index in [4.69, 9.17) is 4.74 Å². The largest absolute Gasteiger partial charge is 0.451 e. The lowest BCUT2D eigenvalue weighted by Crippen LogP contribution is -2.45. The van der Waals surface area contributed by atoms with Crippen LogP contribution in [0.15, 0.2) is 29.2 Å². The first-order valence-electron chi connectivity index (χ1n) is 8.48. The lowest BCUT2D eigenvalue weighted by Gasteiger charge is -2.19. The Balaban J connectivity index is 1.89. The van der Waals surface area contributed by atoms with Gasteiger partial charge in [0.1, 0.15) is 11.9 Å². The maximum Gasteiger partial charge on any atom is 0.324 e. The average molecular weight is 386 g/mol. The van der Waals surface area contributed by atoms with Gasteiger partial charge in [-0.15, -0.1) is 0 Å². The van der Waals surface area contributed by atoms with E-state index >= 15 is 0 Å². The molecule has 0 radical (unpaired) electrons. The number of hydrogen-bond acceptors (Lipinski definition) is 5. The number of amides is 1. The molecule has 1 fully saturated rings. The molecule has 1 aromatic rings. The minimum Gasteiger partial charge on any atom is -0.451 e. The second kappa shape index (κ2) is 8.59. The third-order valence-corrected chi connectivity index (χ3v) is 5.73. The lowest BCUT2D eigenvalue weighted by molar-refractivity contribution is -0.156. The summed E-state index contributed by atoms with van der Waals surface area (Å²) in [6.45, 7) is 2.74. The molecule has 0 unspecified atom stereocenters. The van der Waals surface area contributed by atoms with Gasteiger partial charge in [0.2, 0.25) is 10.0 Å². The normalized spacial score (nSPS) is 17.5. The second-order valence-electron chi connectivity index (χ2n) is 6.37. The highest BCUT2D eigenvalue weighted by molar-refractivity contribution is 7.89. The molecule has 0 aromatic heterocycles. The molecule has 144 valence electrons. The first-order chi connectivity index (χ1) is 12.2. The van der Waals surface area contributed by atoms with Crippen LogP contribution in [0.4, 0.5) is 4.39 Å². The highest BCUT2D eigenvalue weighted by Crippen LogP contribution is 2.18. The van der Waals surface area contributed by atoms with Crippen molar-refractivity contribution in [1.82, 2.24) is 10.0 Å². The maximum absolute atomic E-state index is 12.9. The standard InChI is InChI=1S/C17H23FN2O5S/c1-11(20-26(23,24)15-9-7-13(18)8-10-15)17(22)25-12(2)16(21)19-14-5-3-4-6-14/h7-12,14,20H,3-6H2,1-2H3,(H,19,21)/t11-,12+/m1/s1. The van der Waals surface area contributed by atoms with E-state index in [-0.39, 0.29) is 10.9 Å². The molecule has 0 spiro atoms. The van der Waals surface area contributed by atoms with Crippen LogP contribution in [0.25, 0.3) is 0 Å². The Morgan fingerprint density at radius 2 is 1.73 bits per heavy atom. The Hall–Kier alpha value is -2.00. The summed E-state index contributed by atoms with van der Waals surface area (Å²) in [6.07, 6.45) is 2.89. The van der Waals surface area contributed by atoms with Gasteiger partial charge in [-0.2, -0.15) is 4.72 Å². The number of nitrogens with one attached hydrogen (secondary N) is 2. The van der Waals surface area contributed by atoms with Gasteiger partial charge in [-0.05, 0) is 51.0 Å². The van der Waals surface area contributed by atoms with Gasteiger partial charge < -0.3 is 10.1 Å². The van der Waals surface area contributed by atoms with Gasteiger partial charge in [-0.3, -0.25) is 9.59 Å². The van der Waals surface area contributed by atoms with Gasteiger partial charge in [0.25, 0.3) is 5.91 Å². The van der Waals surface area contributed by atoms with Gasteiger partial charge in [0.15, 0.2) is 6.10 Å². The fourth-order valence-corrected chi connectivity index (χ4v) is 3.87. The number of esters is 1. The van der Waals surface area contributed by atoms with Crippen molar-refractivity contribution in [3.8, 4) is 0 Å². The Morgan fingerprint density at radius 3 is 2.31 bits per heavy atom. The molecule has 0 heterocycles. The van der Waals surface area contributed by atoms with Crippen molar-refractivity contribution in [3.63, 3.8) is 0 Å². The zero-order valence-electron chi connectivity index (χ0n) is 14.7. The second-order valence-corrected chi connectivity index (χ2v) is 8.08. The molecule has 9 heteroatoms.